The summed E-state index contributed by atoms with van der Waals surface area (Å²) in [4.78, 5) is 18.3. The van der Waals surface area contributed by atoms with Crippen LogP contribution in [0, 0.1) is 18.3 Å². The van der Waals surface area contributed by atoms with Gasteiger partial charge in [-0.15, -0.1) is 0 Å². The van der Waals surface area contributed by atoms with Gasteiger partial charge in [0.15, 0.2) is 5.82 Å². The first-order valence-corrected chi connectivity index (χ1v) is 9.87. The Morgan fingerprint density at radius 1 is 0.900 bits per heavy atom. The fourth-order valence-electron chi connectivity index (χ4n) is 3.80. The molecule has 0 bridgehead atoms. The zero-order valence-electron chi connectivity index (χ0n) is 16.6. The zero-order chi connectivity index (χ0) is 20.5. The van der Waals surface area contributed by atoms with E-state index in [2.05, 4.69) is 30.9 Å². The monoisotopic (exact) mass is 396 g/mol. The summed E-state index contributed by atoms with van der Waals surface area (Å²) >= 11 is 0. The molecule has 0 N–H and O–H groups in total. The van der Waals surface area contributed by atoms with Gasteiger partial charge in [-0.2, -0.15) is 10.4 Å². The molecule has 0 spiro atoms. The number of anilines is 2. The Hall–Kier alpha value is -3.99. The third-order valence-electron chi connectivity index (χ3n) is 5.28. The minimum absolute atomic E-state index is 0.612. The highest BCUT2D eigenvalue weighted by Crippen LogP contribution is 2.25. The lowest BCUT2D eigenvalue weighted by molar-refractivity contribution is 0.639. The van der Waals surface area contributed by atoms with Crippen molar-refractivity contribution in [3.63, 3.8) is 0 Å². The Bertz CT molecular complexity index is 1230. The van der Waals surface area contributed by atoms with Crippen molar-refractivity contribution in [1.29, 1.82) is 5.26 Å². The number of nitrogens with zero attached hydrogens (tertiary/aromatic N) is 8. The van der Waals surface area contributed by atoms with Crippen LogP contribution in [0.4, 0.5) is 11.6 Å². The van der Waals surface area contributed by atoms with Gasteiger partial charge in [-0.1, -0.05) is 18.2 Å². The van der Waals surface area contributed by atoms with Crippen LogP contribution in [0.1, 0.15) is 11.4 Å². The summed E-state index contributed by atoms with van der Waals surface area (Å²) in [5.74, 6) is 3.11. The second-order valence-corrected chi connectivity index (χ2v) is 7.22. The van der Waals surface area contributed by atoms with Gasteiger partial charge in [0.05, 0.1) is 11.1 Å². The standard InChI is InChI=1S/C22H20N8/c1-16-25-20(14-21(26-16)30-8-4-7-24-30)28-9-11-29(12-10-28)22-18(15-23)13-17-5-2-3-6-19(17)27-22/h2-8,13-14H,9-12H2,1H3. The highest BCUT2D eigenvalue weighted by Gasteiger charge is 2.22. The number of para-hydroxylation sites is 1. The molecule has 0 unspecified atom stereocenters. The summed E-state index contributed by atoms with van der Waals surface area (Å²) in [6.45, 7) is 4.99. The van der Waals surface area contributed by atoms with Crippen LogP contribution in [0.25, 0.3) is 16.7 Å². The molecule has 1 aliphatic heterocycles. The van der Waals surface area contributed by atoms with Gasteiger partial charge in [0, 0.05) is 50.0 Å². The molecule has 5 rings (SSSR count). The molecule has 4 heterocycles. The van der Waals surface area contributed by atoms with Crippen LogP contribution in [0.2, 0.25) is 0 Å². The van der Waals surface area contributed by atoms with E-state index in [4.69, 9.17) is 4.98 Å². The Kier molecular flexibility index (Phi) is 4.48. The minimum Gasteiger partial charge on any atom is -0.353 e. The SMILES string of the molecule is Cc1nc(N2CCN(c3nc4ccccc4cc3C#N)CC2)cc(-n2cccn2)n1. The maximum atomic E-state index is 9.64. The van der Waals surface area contributed by atoms with Gasteiger partial charge in [-0.25, -0.2) is 19.6 Å². The van der Waals surface area contributed by atoms with Crippen molar-refractivity contribution >= 4 is 22.5 Å². The number of pyridine rings is 1. The van der Waals surface area contributed by atoms with Gasteiger partial charge in [-0.05, 0) is 25.1 Å². The van der Waals surface area contributed by atoms with E-state index in [1.807, 2.05) is 55.6 Å². The van der Waals surface area contributed by atoms with Crippen molar-refractivity contribution in [3.05, 3.63) is 66.2 Å². The van der Waals surface area contributed by atoms with Crippen molar-refractivity contribution in [2.45, 2.75) is 6.92 Å². The lowest BCUT2D eigenvalue weighted by Crippen LogP contribution is -2.47. The maximum absolute atomic E-state index is 9.64. The van der Waals surface area contributed by atoms with Crippen LogP contribution in [0.15, 0.2) is 54.9 Å². The van der Waals surface area contributed by atoms with Crippen LogP contribution in [0.5, 0.6) is 0 Å². The van der Waals surface area contributed by atoms with Crippen LogP contribution in [-0.4, -0.2) is 50.9 Å². The molecule has 30 heavy (non-hydrogen) atoms. The molecule has 4 aromatic rings. The van der Waals surface area contributed by atoms with Crippen LogP contribution in [0.3, 0.4) is 0 Å². The normalized spacial score (nSPS) is 14.1. The smallest absolute Gasteiger partial charge is 0.159 e. The van der Waals surface area contributed by atoms with Crippen molar-refractivity contribution in [3.8, 4) is 11.9 Å². The molecule has 1 saturated heterocycles. The van der Waals surface area contributed by atoms with Gasteiger partial charge >= 0.3 is 0 Å². The van der Waals surface area contributed by atoms with Crippen molar-refractivity contribution < 1.29 is 0 Å². The van der Waals surface area contributed by atoms with Crippen LogP contribution < -0.4 is 9.80 Å². The van der Waals surface area contributed by atoms with E-state index in [0.717, 1.165) is 54.5 Å². The first kappa shape index (κ1) is 18.1. The predicted molar refractivity (Wildman–Crippen MR) is 115 cm³/mol. The second-order valence-electron chi connectivity index (χ2n) is 7.22. The van der Waals surface area contributed by atoms with Crippen LogP contribution in [-0.2, 0) is 0 Å². The molecule has 148 valence electrons. The zero-order valence-corrected chi connectivity index (χ0v) is 16.6. The number of hydrogen-bond acceptors (Lipinski definition) is 7. The van der Waals surface area contributed by atoms with Gasteiger partial charge in [0.25, 0.3) is 0 Å². The molecular formula is C22H20N8. The van der Waals surface area contributed by atoms with E-state index < -0.39 is 0 Å². The van der Waals surface area contributed by atoms with Crippen molar-refractivity contribution in [2.24, 2.45) is 0 Å². The first-order chi connectivity index (χ1) is 14.7. The predicted octanol–water partition coefficient (Wildman–Crippen LogP) is 2.72. The second kappa shape index (κ2) is 7.44. The molecule has 1 fully saturated rings. The fourth-order valence-corrected chi connectivity index (χ4v) is 3.80. The third-order valence-corrected chi connectivity index (χ3v) is 5.28. The Morgan fingerprint density at radius 3 is 2.43 bits per heavy atom. The molecule has 8 nitrogen and oxygen atoms in total. The van der Waals surface area contributed by atoms with Crippen molar-refractivity contribution in [2.75, 3.05) is 36.0 Å². The minimum atomic E-state index is 0.612. The quantitative estimate of drug-likeness (QED) is 0.526. The van der Waals surface area contributed by atoms with Gasteiger partial charge in [-0.3, -0.25) is 0 Å². The highest BCUT2D eigenvalue weighted by molar-refractivity contribution is 5.83. The average molecular weight is 396 g/mol. The number of rotatable bonds is 3. The number of fused-ring (bicyclic) bond motifs is 1. The van der Waals surface area contributed by atoms with E-state index >= 15 is 0 Å². The molecular weight excluding hydrogens is 376 g/mol. The number of nitriles is 1. The summed E-state index contributed by atoms with van der Waals surface area (Å²) in [6, 6.07) is 16.0. The van der Waals surface area contributed by atoms with Gasteiger partial charge in [0.1, 0.15) is 23.5 Å². The summed E-state index contributed by atoms with van der Waals surface area (Å²) in [5.41, 5.74) is 1.52. The van der Waals surface area contributed by atoms with Crippen molar-refractivity contribution in [1.82, 2.24) is 24.7 Å². The summed E-state index contributed by atoms with van der Waals surface area (Å²) < 4.78 is 1.74. The Morgan fingerprint density at radius 2 is 1.67 bits per heavy atom. The number of hydrogen-bond donors (Lipinski definition) is 0. The topological polar surface area (TPSA) is 86.8 Å². The van der Waals surface area contributed by atoms with E-state index in [1.54, 1.807) is 10.9 Å². The molecule has 3 aromatic heterocycles. The number of aromatic nitrogens is 5. The molecule has 8 heteroatoms. The molecule has 0 aliphatic carbocycles. The lowest BCUT2D eigenvalue weighted by atomic mass is 10.1. The average Bonchev–Trinajstić information content (AvgIpc) is 3.33. The summed E-state index contributed by atoms with van der Waals surface area (Å²) in [7, 11) is 0. The lowest BCUT2D eigenvalue weighted by Gasteiger charge is -2.36. The van der Waals surface area contributed by atoms with E-state index in [9.17, 15) is 5.26 Å². The van der Waals surface area contributed by atoms with E-state index in [-0.39, 0.29) is 0 Å². The van der Waals surface area contributed by atoms with Gasteiger partial charge in [0.2, 0.25) is 0 Å². The number of benzene rings is 1. The number of piperazine rings is 1. The molecule has 0 amide bonds. The maximum Gasteiger partial charge on any atom is 0.159 e. The molecule has 0 saturated carbocycles. The largest absolute Gasteiger partial charge is 0.353 e. The first-order valence-electron chi connectivity index (χ1n) is 9.87. The molecule has 1 aliphatic rings. The Labute approximate surface area is 174 Å². The number of aryl methyl sites for hydroxylation is 1. The summed E-state index contributed by atoms with van der Waals surface area (Å²) in [6.07, 6.45) is 3.61. The molecule has 0 atom stereocenters. The highest BCUT2D eigenvalue weighted by atomic mass is 15.3. The summed E-state index contributed by atoms with van der Waals surface area (Å²) in [5, 5.41) is 14.9. The third kappa shape index (κ3) is 3.31. The Balaban J connectivity index is 1.39. The van der Waals surface area contributed by atoms with Gasteiger partial charge < -0.3 is 9.80 Å². The van der Waals surface area contributed by atoms with E-state index in [1.165, 1.54) is 0 Å². The van der Waals surface area contributed by atoms with Crippen LogP contribution >= 0.6 is 0 Å². The molecule has 0 radical (unpaired) electrons. The fraction of sp³-hybridized carbons (Fsp3) is 0.227. The van der Waals surface area contributed by atoms with E-state index in [0.29, 0.717) is 11.4 Å². The molecule has 1 aromatic carbocycles.